The van der Waals surface area contributed by atoms with Crippen LogP contribution in [0.3, 0.4) is 0 Å². The van der Waals surface area contributed by atoms with Crippen LogP contribution >= 0.6 is 0 Å². The van der Waals surface area contributed by atoms with Gasteiger partial charge >= 0.3 is 0 Å². The van der Waals surface area contributed by atoms with Gasteiger partial charge in [-0.1, -0.05) is 0 Å². The average molecular weight is 248 g/mol. The third-order valence-corrected chi connectivity index (χ3v) is 4.41. The van der Waals surface area contributed by atoms with Crippen molar-refractivity contribution in [1.82, 2.24) is 20.0 Å². The molecule has 1 N–H and O–H groups in total. The Bertz CT molecular complexity index is 390. The number of piperidine rings is 3. The summed E-state index contributed by atoms with van der Waals surface area (Å²) in [6, 6.07) is 1.14. The van der Waals surface area contributed by atoms with Crippen LogP contribution in [0.5, 0.6) is 0 Å². The van der Waals surface area contributed by atoms with Crippen molar-refractivity contribution in [2.75, 3.05) is 19.6 Å². The van der Waals surface area contributed by atoms with Crippen molar-refractivity contribution in [2.45, 2.75) is 45.3 Å². The molecule has 3 saturated heterocycles. The summed E-state index contributed by atoms with van der Waals surface area (Å²) in [5.41, 5.74) is 1.31. The van der Waals surface area contributed by atoms with Crippen LogP contribution in [0.15, 0.2) is 12.4 Å². The summed E-state index contributed by atoms with van der Waals surface area (Å²) in [6.07, 6.45) is 6.92. The quantitative estimate of drug-likeness (QED) is 0.879. The maximum absolute atomic E-state index is 4.39. The smallest absolute Gasteiger partial charge is 0.0534 e. The van der Waals surface area contributed by atoms with Gasteiger partial charge in [0, 0.05) is 36.9 Å². The number of fused-ring (bicyclic) bond motifs is 3. The number of hydrogen-bond acceptors (Lipinski definition) is 3. The van der Waals surface area contributed by atoms with E-state index >= 15 is 0 Å². The lowest BCUT2D eigenvalue weighted by Crippen LogP contribution is -2.55. The highest BCUT2D eigenvalue weighted by Gasteiger charge is 2.33. The minimum absolute atomic E-state index is 0.454. The minimum atomic E-state index is 0.454. The number of aromatic nitrogens is 2. The fraction of sp³-hybridized carbons (Fsp3) is 0.786. The first kappa shape index (κ1) is 12.2. The second kappa shape index (κ2) is 5.02. The van der Waals surface area contributed by atoms with Gasteiger partial charge in [-0.25, -0.2) is 0 Å². The molecule has 4 heteroatoms. The van der Waals surface area contributed by atoms with E-state index in [1.165, 1.54) is 38.0 Å². The van der Waals surface area contributed by atoms with Gasteiger partial charge in [-0.15, -0.1) is 0 Å². The third-order valence-electron chi connectivity index (χ3n) is 4.41. The van der Waals surface area contributed by atoms with Crippen LogP contribution in [-0.2, 0) is 6.54 Å². The van der Waals surface area contributed by atoms with Crippen LogP contribution < -0.4 is 5.32 Å². The van der Waals surface area contributed by atoms with Gasteiger partial charge in [0.15, 0.2) is 0 Å². The fourth-order valence-electron chi connectivity index (χ4n) is 3.20. The van der Waals surface area contributed by atoms with Crippen molar-refractivity contribution >= 4 is 0 Å². The molecular formula is C14H24N4. The van der Waals surface area contributed by atoms with Crippen LogP contribution in [-0.4, -0.2) is 40.4 Å². The standard InChI is InChI=1S/C14H24N4/c1-11(2)18-9-12(8-16-18)7-15-14-10-17-5-3-13(14)4-6-17/h8-9,11,13-15H,3-7,10H2,1-2H3. The predicted molar refractivity (Wildman–Crippen MR) is 72.4 cm³/mol. The van der Waals surface area contributed by atoms with Crippen LogP contribution in [0, 0.1) is 5.92 Å². The monoisotopic (exact) mass is 248 g/mol. The van der Waals surface area contributed by atoms with E-state index in [-0.39, 0.29) is 0 Å². The molecule has 4 rings (SSSR count). The summed E-state index contributed by atoms with van der Waals surface area (Å²) < 4.78 is 2.04. The highest BCUT2D eigenvalue weighted by molar-refractivity contribution is 5.05. The molecule has 0 aliphatic carbocycles. The molecule has 3 aliphatic rings. The number of nitrogens with zero attached hydrogens (tertiary/aromatic N) is 3. The largest absolute Gasteiger partial charge is 0.308 e. The fourth-order valence-corrected chi connectivity index (χ4v) is 3.20. The van der Waals surface area contributed by atoms with Crippen LogP contribution in [0.4, 0.5) is 0 Å². The molecule has 0 radical (unpaired) electrons. The molecule has 1 aromatic rings. The van der Waals surface area contributed by atoms with E-state index in [1.54, 1.807) is 0 Å². The predicted octanol–water partition coefficient (Wildman–Crippen LogP) is 1.65. The Morgan fingerprint density at radius 2 is 2.17 bits per heavy atom. The van der Waals surface area contributed by atoms with Crippen molar-refractivity contribution in [3.63, 3.8) is 0 Å². The Kier molecular flexibility index (Phi) is 3.39. The molecule has 1 unspecified atom stereocenters. The molecule has 0 aromatic carbocycles. The molecule has 0 amide bonds. The molecule has 2 bridgehead atoms. The van der Waals surface area contributed by atoms with Gasteiger partial charge in [-0.05, 0) is 45.7 Å². The first-order valence-corrected chi connectivity index (χ1v) is 7.21. The van der Waals surface area contributed by atoms with Crippen molar-refractivity contribution in [1.29, 1.82) is 0 Å². The topological polar surface area (TPSA) is 33.1 Å². The molecular weight excluding hydrogens is 224 g/mol. The van der Waals surface area contributed by atoms with E-state index in [1.807, 2.05) is 10.9 Å². The van der Waals surface area contributed by atoms with Crippen molar-refractivity contribution in [3.8, 4) is 0 Å². The van der Waals surface area contributed by atoms with Crippen molar-refractivity contribution in [3.05, 3.63) is 18.0 Å². The molecule has 0 saturated carbocycles. The summed E-state index contributed by atoms with van der Waals surface area (Å²) in [5.74, 6) is 0.898. The average Bonchev–Trinajstić information content (AvgIpc) is 2.87. The zero-order chi connectivity index (χ0) is 12.5. The molecule has 4 heterocycles. The SMILES string of the molecule is CC(C)n1cc(CNC2CN3CCC2CC3)cn1. The summed E-state index contributed by atoms with van der Waals surface area (Å²) in [6.45, 7) is 9.15. The van der Waals surface area contributed by atoms with E-state index in [0.717, 1.165) is 12.5 Å². The van der Waals surface area contributed by atoms with Gasteiger partial charge in [-0.2, -0.15) is 5.10 Å². The Hall–Kier alpha value is -0.870. The Balaban J connectivity index is 1.54. The second-order valence-electron chi connectivity index (χ2n) is 6.05. The normalized spacial score (nSPS) is 31.2. The summed E-state index contributed by atoms with van der Waals surface area (Å²) in [7, 11) is 0. The molecule has 1 aromatic heterocycles. The highest BCUT2D eigenvalue weighted by atomic mass is 15.3. The second-order valence-corrected chi connectivity index (χ2v) is 6.05. The van der Waals surface area contributed by atoms with Crippen LogP contribution in [0.1, 0.15) is 38.3 Å². The maximum Gasteiger partial charge on any atom is 0.0534 e. The molecule has 3 fully saturated rings. The minimum Gasteiger partial charge on any atom is -0.308 e. The van der Waals surface area contributed by atoms with Gasteiger partial charge in [0.2, 0.25) is 0 Å². The van der Waals surface area contributed by atoms with Gasteiger partial charge in [-0.3, -0.25) is 4.68 Å². The molecule has 3 aliphatic heterocycles. The Morgan fingerprint density at radius 3 is 2.72 bits per heavy atom. The van der Waals surface area contributed by atoms with E-state index in [2.05, 4.69) is 35.4 Å². The van der Waals surface area contributed by atoms with Gasteiger partial charge in [0.05, 0.1) is 6.20 Å². The third kappa shape index (κ3) is 2.45. The van der Waals surface area contributed by atoms with Gasteiger partial charge < -0.3 is 10.2 Å². The van der Waals surface area contributed by atoms with E-state index < -0.39 is 0 Å². The Labute approximate surface area is 109 Å². The number of hydrogen-bond donors (Lipinski definition) is 1. The zero-order valence-corrected chi connectivity index (χ0v) is 11.5. The van der Waals surface area contributed by atoms with Crippen molar-refractivity contribution in [2.24, 2.45) is 5.92 Å². The summed E-state index contributed by atoms with van der Waals surface area (Å²) in [4.78, 5) is 2.59. The molecule has 0 spiro atoms. The first-order chi connectivity index (χ1) is 8.72. The van der Waals surface area contributed by atoms with Crippen molar-refractivity contribution < 1.29 is 0 Å². The Morgan fingerprint density at radius 1 is 1.39 bits per heavy atom. The first-order valence-electron chi connectivity index (χ1n) is 7.21. The van der Waals surface area contributed by atoms with Crippen LogP contribution in [0.25, 0.3) is 0 Å². The lowest BCUT2D eigenvalue weighted by molar-refractivity contribution is 0.0720. The van der Waals surface area contributed by atoms with Gasteiger partial charge in [0.25, 0.3) is 0 Å². The molecule has 1 atom stereocenters. The number of nitrogens with one attached hydrogen (secondary N) is 1. The molecule has 18 heavy (non-hydrogen) atoms. The highest BCUT2D eigenvalue weighted by Crippen LogP contribution is 2.27. The zero-order valence-electron chi connectivity index (χ0n) is 11.5. The molecule has 4 nitrogen and oxygen atoms in total. The van der Waals surface area contributed by atoms with E-state index in [9.17, 15) is 0 Å². The number of rotatable bonds is 4. The lowest BCUT2D eigenvalue weighted by Gasteiger charge is -2.45. The lowest BCUT2D eigenvalue weighted by atomic mass is 9.84. The van der Waals surface area contributed by atoms with E-state index in [0.29, 0.717) is 12.1 Å². The summed E-state index contributed by atoms with van der Waals surface area (Å²) in [5, 5.41) is 8.12. The maximum atomic E-state index is 4.39. The van der Waals surface area contributed by atoms with Gasteiger partial charge in [0.1, 0.15) is 0 Å². The summed E-state index contributed by atoms with van der Waals surface area (Å²) >= 11 is 0. The molecule has 100 valence electrons. The van der Waals surface area contributed by atoms with Crippen LogP contribution in [0.2, 0.25) is 0 Å². The van der Waals surface area contributed by atoms with E-state index in [4.69, 9.17) is 0 Å².